The minimum absolute atomic E-state index is 0.0224. The smallest absolute Gasteiger partial charge is 0.277 e. The molecule has 2 aliphatic rings. The summed E-state index contributed by atoms with van der Waals surface area (Å²) in [4.78, 5) is 73.2. The van der Waals surface area contributed by atoms with Crippen molar-refractivity contribution in [1.82, 2.24) is 14.7 Å². The van der Waals surface area contributed by atoms with Crippen LogP contribution in [0.4, 0.5) is 28.4 Å². The van der Waals surface area contributed by atoms with Gasteiger partial charge in [0.25, 0.3) is 34.6 Å². The lowest BCUT2D eigenvalue weighted by Crippen LogP contribution is -2.48. The molecule has 0 saturated carbocycles. The zero-order valence-electron chi connectivity index (χ0n) is 25.9. The van der Waals surface area contributed by atoms with Crippen LogP contribution in [-0.4, -0.2) is 105 Å². The third-order valence-electron chi connectivity index (χ3n) is 7.94. The number of carbonyl (C=O) groups is 2. The minimum atomic E-state index is -0.739. The van der Waals surface area contributed by atoms with E-state index < -0.39 is 54.3 Å². The topological polar surface area (TPSA) is 220 Å². The monoisotopic (exact) mass is 664 g/mol. The van der Waals surface area contributed by atoms with Crippen molar-refractivity contribution in [2.24, 2.45) is 0 Å². The molecule has 0 bridgehead atoms. The number of non-ortho nitro benzene ring substituents is 4. The second-order valence-corrected chi connectivity index (χ2v) is 10.8. The van der Waals surface area contributed by atoms with Gasteiger partial charge >= 0.3 is 0 Å². The summed E-state index contributed by atoms with van der Waals surface area (Å²) in [5.41, 5.74) is -0.846. The highest BCUT2D eigenvalue weighted by atomic mass is 16.6. The highest BCUT2D eigenvalue weighted by Gasteiger charge is 2.27. The van der Waals surface area contributed by atoms with Crippen molar-refractivity contribution in [3.05, 3.63) is 118 Å². The van der Waals surface area contributed by atoms with E-state index in [1.54, 1.807) is 9.80 Å². The highest BCUT2D eigenvalue weighted by Crippen LogP contribution is 2.26. The lowest BCUT2D eigenvalue weighted by molar-refractivity contribution is -0.394. The summed E-state index contributed by atoms with van der Waals surface area (Å²) in [5, 5.41) is 43.7. The summed E-state index contributed by atoms with van der Waals surface area (Å²) in [5.74, 6) is -0.855. The predicted octanol–water partition coefficient (Wildman–Crippen LogP) is 3.75. The van der Waals surface area contributed by atoms with E-state index in [2.05, 4.69) is 9.80 Å². The number of para-hydroxylation sites is 1. The Morgan fingerprint density at radius 1 is 0.562 bits per heavy atom. The summed E-state index contributed by atoms with van der Waals surface area (Å²) in [7, 11) is 0. The van der Waals surface area contributed by atoms with E-state index in [-0.39, 0.29) is 11.1 Å². The van der Waals surface area contributed by atoms with Crippen LogP contribution in [0, 0.1) is 40.5 Å². The molecule has 252 valence electrons. The van der Waals surface area contributed by atoms with Crippen molar-refractivity contribution in [1.29, 1.82) is 0 Å². The van der Waals surface area contributed by atoms with Crippen molar-refractivity contribution in [3.63, 3.8) is 0 Å². The molecule has 2 saturated heterocycles. The van der Waals surface area contributed by atoms with E-state index in [9.17, 15) is 50.0 Å². The standard InChI is InChI=1S/C17H16N4O5.C13H16N4O5/c22-17(13-10-15(20(23)24)12-16(11-13)21(25)26)19-8-6-18(7-9-19)14-4-2-1-3-5-14;1-2-14-3-5-15(6-4-14)13(18)10-7-11(16(19)20)9-12(8-10)17(21)22/h1-5,10-12H,6-9H2;7-9H,2-6H2,1H3. The van der Waals surface area contributed by atoms with Crippen molar-refractivity contribution >= 4 is 40.3 Å². The number of carbonyl (C=O) groups excluding carboxylic acids is 2. The van der Waals surface area contributed by atoms with Crippen LogP contribution in [0.15, 0.2) is 66.7 Å². The molecule has 0 atom stereocenters. The second-order valence-electron chi connectivity index (χ2n) is 10.8. The van der Waals surface area contributed by atoms with Crippen LogP contribution in [0.5, 0.6) is 0 Å². The molecular formula is C30H32N8O10. The fourth-order valence-corrected chi connectivity index (χ4v) is 5.30. The maximum atomic E-state index is 12.7. The third-order valence-corrected chi connectivity index (χ3v) is 7.94. The molecule has 2 fully saturated rings. The van der Waals surface area contributed by atoms with Gasteiger partial charge in [0, 0.05) is 82.3 Å². The molecule has 2 amide bonds. The van der Waals surface area contributed by atoms with Crippen LogP contribution < -0.4 is 4.90 Å². The number of likely N-dealkylation sites (N-methyl/N-ethyl adjacent to an activating group) is 1. The van der Waals surface area contributed by atoms with E-state index in [1.165, 1.54) is 0 Å². The number of nitro groups is 4. The first kappa shape index (κ1) is 34.8. The first-order chi connectivity index (χ1) is 22.9. The van der Waals surface area contributed by atoms with Crippen LogP contribution in [0.1, 0.15) is 27.6 Å². The Morgan fingerprint density at radius 3 is 1.25 bits per heavy atom. The largest absolute Gasteiger partial charge is 0.368 e. The van der Waals surface area contributed by atoms with Crippen LogP contribution in [0.2, 0.25) is 0 Å². The van der Waals surface area contributed by atoms with E-state index in [4.69, 9.17) is 0 Å². The molecule has 0 N–H and O–H groups in total. The molecule has 0 radical (unpaired) electrons. The van der Waals surface area contributed by atoms with Gasteiger partial charge < -0.3 is 19.6 Å². The second kappa shape index (κ2) is 15.5. The van der Waals surface area contributed by atoms with Gasteiger partial charge in [0.15, 0.2) is 0 Å². The third kappa shape index (κ3) is 8.60. The van der Waals surface area contributed by atoms with Crippen molar-refractivity contribution in [2.75, 3.05) is 63.8 Å². The molecule has 3 aromatic rings. The molecular weight excluding hydrogens is 632 g/mol. The summed E-state index contributed by atoms with van der Waals surface area (Å²) in [6.07, 6.45) is 0. The van der Waals surface area contributed by atoms with Crippen LogP contribution in [0.3, 0.4) is 0 Å². The van der Waals surface area contributed by atoms with E-state index in [0.717, 1.165) is 61.7 Å². The number of hydrogen-bond acceptors (Lipinski definition) is 12. The number of rotatable bonds is 8. The van der Waals surface area contributed by atoms with Gasteiger partial charge in [-0.25, -0.2) is 0 Å². The number of piperazine rings is 2. The zero-order chi connectivity index (χ0) is 35.0. The van der Waals surface area contributed by atoms with Gasteiger partial charge in [-0.1, -0.05) is 25.1 Å². The molecule has 2 heterocycles. The lowest BCUT2D eigenvalue weighted by atomic mass is 10.1. The molecule has 48 heavy (non-hydrogen) atoms. The number of benzene rings is 3. The molecule has 2 aliphatic heterocycles. The zero-order valence-corrected chi connectivity index (χ0v) is 25.9. The normalized spacial score (nSPS) is 14.8. The quantitative estimate of drug-likeness (QED) is 0.248. The number of anilines is 1. The van der Waals surface area contributed by atoms with Crippen molar-refractivity contribution in [3.8, 4) is 0 Å². The maximum Gasteiger partial charge on any atom is 0.277 e. The first-order valence-electron chi connectivity index (χ1n) is 14.9. The number of nitrogens with zero attached hydrogens (tertiary/aromatic N) is 8. The Morgan fingerprint density at radius 2 is 0.917 bits per heavy atom. The fourth-order valence-electron chi connectivity index (χ4n) is 5.30. The average Bonchev–Trinajstić information content (AvgIpc) is 3.11. The summed E-state index contributed by atoms with van der Waals surface area (Å²) < 4.78 is 0. The van der Waals surface area contributed by atoms with Gasteiger partial charge in [0.1, 0.15) is 0 Å². The molecule has 0 aliphatic carbocycles. The predicted molar refractivity (Wildman–Crippen MR) is 172 cm³/mol. The highest BCUT2D eigenvalue weighted by molar-refractivity contribution is 5.96. The number of hydrogen-bond donors (Lipinski definition) is 0. The Labute approximate surface area is 273 Å². The lowest BCUT2D eigenvalue weighted by Gasteiger charge is -2.36. The first-order valence-corrected chi connectivity index (χ1v) is 14.9. The molecule has 18 nitrogen and oxygen atoms in total. The maximum absolute atomic E-state index is 12.7. The van der Waals surface area contributed by atoms with Gasteiger partial charge in [0.05, 0.1) is 43.0 Å². The van der Waals surface area contributed by atoms with E-state index >= 15 is 0 Å². The number of nitro benzene ring substituents is 4. The van der Waals surface area contributed by atoms with Crippen LogP contribution >= 0.6 is 0 Å². The Bertz CT molecular complexity index is 1640. The van der Waals surface area contributed by atoms with Gasteiger partial charge in [0.2, 0.25) is 0 Å². The molecule has 0 aromatic heterocycles. The summed E-state index contributed by atoms with van der Waals surface area (Å²) in [6.45, 7) is 7.48. The van der Waals surface area contributed by atoms with Crippen LogP contribution in [0.25, 0.3) is 0 Å². The number of amides is 2. The molecule has 0 spiro atoms. The van der Waals surface area contributed by atoms with Gasteiger partial charge in [-0.05, 0) is 18.7 Å². The molecule has 5 rings (SSSR count). The Hall–Kier alpha value is -6.04. The van der Waals surface area contributed by atoms with Gasteiger partial charge in [-0.15, -0.1) is 0 Å². The Balaban J connectivity index is 0.000000220. The van der Waals surface area contributed by atoms with Crippen molar-refractivity contribution < 1.29 is 29.3 Å². The van der Waals surface area contributed by atoms with Crippen LogP contribution in [-0.2, 0) is 0 Å². The van der Waals surface area contributed by atoms with E-state index in [1.807, 2.05) is 37.3 Å². The SMILES string of the molecule is CCN1CCN(C(=O)c2cc([N+](=O)[O-])cc([N+](=O)[O-])c2)CC1.O=C(c1cc([N+](=O)[O-])cc([N+](=O)[O-])c1)N1CCN(c2ccccc2)CC1. The summed E-state index contributed by atoms with van der Waals surface area (Å²) in [6, 6.07) is 15.8. The molecule has 3 aromatic carbocycles. The average molecular weight is 665 g/mol. The molecule has 0 unspecified atom stereocenters. The van der Waals surface area contributed by atoms with Gasteiger partial charge in [-0.2, -0.15) is 0 Å². The van der Waals surface area contributed by atoms with Gasteiger partial charge in [-0.3, -0.25) is 50.0 Å². The van der Waals surface area contributed by atoms with E-state index in [0.29, 0.717) is 39.3 Å². The fraction of sp³-hybridized carbons (Fsp3) is 0.333. The molecule has 18 heteroatoms. The minimum Gasteiger partial charge on any atom is -0.368 e. The summed E-state index contributed by atoms with van der Waals surface area (Å²) >= 11 is 0. The van der Waals surface area contributed by atoms with Crippen molar-refractivity contribution in [2.45, 2.75) is 6.92 Å². The Kier molecular flexibility index (Phi) is 11.2.